The fourth-order valence-corrected chi connectivity index (χ4v) is 4.88. The third kappa shape index (κ3) is 5.77. The van der Waals surface area contributed by atoms with Gasteiger partial charge in [0.2, 0.25) is 5.91 Å². The molecule has 1 heterocycles. The molecule has 0 bridgehead atoms. The number of halogens is 1. The summed E-state index contributed by atoms with van der Waals surface area (Å²) in [5.41, 5.74) is 3.59. The molecule has 0 saturated carbocycles. The summed E-state index contributed by atoms with van der Waals surface area (Å²) < 4.78 is 14.9. The quantitative estimate of drug-likeness (QED) is 0.272. The van der Waals surface area contributed by atoms with E-state index in [0.717, 1.165) is 31.4 Å². The number of hydrogen-bond donors (Lipinski definition) is 1. The molecule has 0 fully saturated rings. The molecule has 4 rings (SSSR count). The van der Waals surface area contributed by atoms with Gasteiger partial charge in [-0.3, -0.25) is 9.79 Å². The highest BCUT2D eigenvalue weighted by molar-refractivity contribution is 8.01. The van der Waals surface area contributed by atoms with Gasteiger partial charge >= 0.3 is 0 Å². The molecule has 0 spiro atoms. The van der Waals surface area contributed by atoms with Crippen LogP contribution in [0.25, 0.3) is 10.2 Å². The molecule has 7 heteroatoms. The maximum atomic E-state index is 13.0. The zero-order chi connectivity index (χ0) is 21.6. The van der Waals surface area contributed by atoms with Crippen LogP contribution in [0.1, 0.15) is 24.1 Å². The van der Waals surface area contributed by atoms with Gasteiger partial charge in [0.25, 0.3) is 0 Å². The predicted molar refractivity (Wildman–Crippen MR) is 127 cm³/mol. The van der Waals surface area contributed by atoms with Gasteiger partial charge in [0.1, 0.15) is 5.82 Å². The van der Waals surface area contributed by atoms with Gasteiger partial charge in [-0.1, -0.05) is 54.2 Å². The van der Waals surface area contributed by atoms with Crippen LogP contribution in [0.5, 0.6) is 0 Å². The van der Waals surface area contributed by atoms with Crippen molar-refractivity contribution in [3.8, 4) is 0 Å². The van der Waals surface area contributed by atoms with Crippen molar-refractivity contribution in [2.24, 2.45) is 4.99 Å². The Kier molecular flexibility index (Phi) is 6.74. The van der Waals surface area contributed by atoms with Crippen molar-refractivity contribution in [3.63, 3.8) is 0 Å². The van der Waals surface area contributed by atoms with Crippen molar-refractivity contribution in [1.29, 1.82) is 0 Å². The summed E-state index contributed by atoms with van der Waals surface area (Å²) in [5.74, 6) is 0.0219. The van der Waals surface area contributed by atoms with E-state index in [-0.39, 0.29) is 17.8 Å². The molecule has 156 valence electrons. The minimum atomic E-state index is -0.267. The van der Waals surface area contributed by atoms with E-state index in [1.54, 1.807) is 29.7 Å². The lowest BCUT2D eigenvalue weighted by atomic mass is 10.1. The third-order valence-electron chi connectivity index (χ3n) is 4.59. The second kappa shape index (κ2) is 9.85. The zero-order valence-corrected chi connectivity index (χ0v) is 18.4. The first kappa shape index (κ1) is 21.2. The number of rotatable bonds is 7. The lowest BCUT2D eigenvalue weighted by Gasteiger charge is -2.13. The summed E-state index contributed by atoms with van der Waals surface area (Å²) in [6, 6.07) is 21.8. The van der Waals surface area contributed by atoms with Crippen molar-refractivity contribution in [2.45, 2.75) is 17.3 Å². The number of thioether (sulfide) groups is 1. The van der Waals surface area contributed by atoms with Gasteiger partial charge in [-0.25, -0.2) is 9.37 Å². The van der Waals surface area contributed by atoms with Crippen molar-refractivity contribution >= 4 is 51.1 Å². The largest absolute Gasteiger partial charge is 0.349 e. The van der Waals surface area contributed by atoms with Crippen LogP contribution in [0, 0.1) is 5.82 Å². The zero-order valence-electron chi connectivity index (χ0n) is 16.8. The summed E-state index contributed by atoms with van der Waals surface area (Å²) in [6.07, 6.45) is 1.70. The number of nitrogens with zero attached hydrogens (tertiary/aromatic N) is 2. The molecule has 4 nitrogen and oxygen atoms in total. The molecule has 31 heavy (non-hydrogen) atoms. The highest BCUT2D eigenvalue weighted by Crippen LogP contribution is 2.32. The van der Waals surface area contributed by atoms with E-state index >= 15 is 0 Å². The molecule has 4 aromatic rings. The van der Waals surface area contributed by atoms with Crippen molar-refractivity contribution in [3.05, 3.63) is 89.7 Å². The molecule has 0 aliphatic carbocycles. The Hall–Kier alpha value is -3.03. The molecule has 1 aromatic heterocycles. The predicted octanol–water partition coefficient (Wildman–Crippen LogP) is 6.16. The van der Waals surface area contributed by atoms with Crippen molar-refractivity contribution < 1.29 is 9.18 Å². The molecule has 1 N–H and O–H groups in total. The lowest BCUT2D eigenvalue weighted by Crippen LogP contribution is -2.28. The summed E-state index contributed by atoms with van der Waals surface area (Å²) >= 11 is 2.97. The molecule has 1 atom stereocenters. The van der Waals surface area contributed by atoms with Crippen molar-refractivity contribution in [2.75, 3.05) is 5.75 Å². The van der Waals surface area contributed by atoms with Gasteiger partial charge in [0, 0.05) is 6.21 Å². The number of fused-ring (bicyclic) bond motifs is 1. The maximum absolute atomic E-state index is 13.0. The number of aromatic nitrogens is 1. The Morgan fingerprint density at radius 1 is 1.16 bits per heavy atom. The summed E-state index contributed by atoms with van der Waals surface area (Å²) in [4.78, 5) is 21.4. The van der Waals surface area contributed by atoms with Crippen LogP contribution < -0.4 is 5.32 Å². The van der Waals surface area contributed by atoms with Crippen LogP contribution in [-0.4, -0.2) is 22.9 Å². The van der Waals surface area contributed by atoms with Gasteiger partial charge in [-0.2, -0.15) is 0 Å². The molecular weight excluding hydrogens is 429 g/mol. The average molecular weight is 450 g/mol. The van der Waals surface area contributed by atoms with Crippen LogP contribution in [0.15, 0.2) is 82.1 Å². The van der Waals surface area contributed by atoms with Gasteiger partial charge in [0.05, 0.1) is 27.7 Å². The van der Waals surface area contributed by atoms with Crippen molar-refractivity contribution in [1.82, 2.24) is 10.3 Å². The van der Waals surface area contributed by atoms with E-state index in [1.165, 1.54) is 23.9 Å². The first-order chi connectivity index (χ1) is 15.1. The van der Waals surface area contributed by atoms with E-state index in [9.17, 15) is 9.18 Å². The van der Waals surface area contributed by atoms with Gasteiger partial charge in [0.15, 0.2) is 4.34 Å². The second-order valence-corrected chi connectivity index (χ2v) is 9.18. The Balaban J connectivity index is 1.36. The standard InChI is InChI=1S/C24H20FN3OS2/c1-16(18-5-3-2-4-6-18)27-23(29)15-30-24-28-21-12-11-20(13-22(21)31-24)26-14-17-7-9-19(25)10-8-17/h2-14,16H,15H2,1H3,(H,27,29). The fourth-order valence-electron chi connectivity index (χ4n) is 2.97. The molecule has 0 saturated heterocycles. The van der Waals surface area contributed by atoms with Gasteiger partial charge in [-0.05, 0) is 48.4 Å². The van der Waals surface area contributed by atoms with Crippen LogP contribution in [0.2, 0.25) is 0 Å². The number of hydrogen-bond acceptors (Lipinski definition) is 5. The van der Waals surface area contributed by atoms with Crippen LogP contribution in [0.3, 0.4) is 0 Å². The first-order valence-electron chi connectivity index (χ1n) is 9.74. The Labute approximate surface area is 188 Å². The minimum Gasteiger partial charge on any atom is -0.349 e. The number of aliphatic imine (C=N–C) groups is 1. The topological polar surface area (TPSA) is 54.4 Å². The molecule has 0 aliphatic rings. The average Bonchev–Trinajstić information content (AvgIpc) is 3.20. The Morgan fingerprint density at radius 3 is 2.71 bits per heavy atom. The lowest BCUT2D eigenvalue weighted by molar-refractivity contribution is -0.119. The van der Waals surface area contributed by atoms with E-state index in [0.29, 0.717) is 5.75 Å². The minimum absolute atomic E-state index is 0.0230. The van der Waals surface area contributed by atoms with Gasteiger partial charge in [-0.15, -0.1) is 11.3 Å². The molecule has 1 unspecified atom stereocenters. The number of thiazole rings is 1. The molecule has 1 amide bonds. The molecule has 0 aliphatic heterocycles. The van der Waals surface area contributed by atoms with Crippen LogP contribution in [0.4, 0.5) is 10.1 Å². The number of benzene rings is 3. The smallest absolute Gasteiger partial charge is 0.230 e. The molecule has 0 radical (unpaired) electrons. The molecular formula is C24H20FN3OS2. The number of nitrogens with one attached hydrogen (secondary N) is 1. The molecule has 3 aromatic carbocycles. The van der Waals surface area contributed by atoms with E-state index in [1.807, 2.05) is 55.5 Å². The first-order valence-corrected chi connectivity index (χ1v) is 11.5. The summed E-state index contributed by atoms with van der Waals surface area (Å²) in [5, 5.41) is 3.02. The maximum Gasteiger partial charge on any atom is 0.230 e. The van der Waals surface area contributed by atoms with E-state index < -0.39 is 0 Å². The van der Waals surface area contributed by atoms with E-state index in [4.69, 9.17) is 0 Å². The Bertz CT molecular complexity index is 1210. The second-order valence-electron chi connectivity index (χ2n) is 6.93. The number of carbonyl (C=O) groups is 1. The normalized spacial score (nSPS) is 12.3. The summed E-state index contributed by atoms with van der Waals surface area (Å²) in [6.45, 7) is 1.98. The summed E-state index contributed by atoms with van der Waals surface area (Å²) in [7, 11) is 0. The highest BCUT2D eigenvalue weighted by atomic mass is 32.2. The SMILES string of the molecule is CC(NC(=O)CSc1nc2ccc(N=Cc3ccc(F)cc3)cc2s1)c1ccccc1. The number of amides is 1. The van der Waals surface area contributed by atoms with Gasteiger partial charge < -0.3 is 5.32 Å². The highest BCUT2D eigenvalue weighted by Gasteiger charge is 2.11. The monoisotopic (exact) mass is 449 g/mol. The van der Waals surface area contributed by atoms with Crippen LogP contribution in [-0.2, 0) is 4.79 Å². The van der Waals surface area contributed by atoms with E-state index in [2.05, 4.69) is 15.3 Å². The number of carbonyl (C=O) groups excluding carboxylic acids is 1. The third-order valence-corrected chi connectivity index (χ3v) is 6.75. The fraction of sp³-hybridized carbons (Fsp3) is 0.125. The Morgan fingerprint density at radius 2 is 1.94 bits per heavy atom. The van der Waals surface area contributed by atoms with Crippen LogP contribution >= 0.6 is 23.1 Å².